The van der Waals surface area contributed by atoms with Gasteiger partial charge in [-0.15, -0.1) is 11.3 Å². The Bertz CT molecular complexity index is 608. The third kappa shape index (κ3) is 4.07. The van der Waals surface area contributed by atoms with Crippen LogP contribution >= 0.6 is 11.3 Å². The van der Waals surface area contributed by atoms with Gasteiger partial charge in [0.2, 0.25) is 0 Å². The summed E-state index contributed by atoms with van der Waals surface area (Å²) in [5, 5.41) is 5.72. The van der Waals surface area contributed by atoms with E-state index in [0.717, 1.165) is 36.5 Å². The minimum atomic E-state index is 0.893. The molecule has 24 heavy (non-hydrogen) atoms. The Balaban J connectivity index is 1.20. The molecule has 2 aliphatic rings. The van der Waals surface area contributed by atoms with Crippen LogP contribution in [0.5, 0.6) is 0 Å². The fraction of sp³-hybridized carbons (Fsp3) is 0.571. The van der Waals surface area contributed by atoms with E-state index in [1.807, 2.05) is 6.20 Å². The molecule has 0 spiro atoms. The number of pyridine rings is 1. The molecule has 2 aromatic heterocycles. The van der Waals surface area contributed by atoms with Crippen LogP contribution in [0.2, 0.25) is 0 Å². The average molecular weight is 341 g/mol. The lowest BCUT2D eigenvalue weighted by atomic mass is 9.67. The van der Waals surface area contributed by atoms with Crippen molar-refractivity contribution in [1.29, 1.82) is 0 Å². The Labute approximate surface area is 149 Å². The lowest BCUT2D eigenvalue weighted by Crippen LogP contribution is -2.29. The molecule has 0 radical (unpaired) electrons. The maximum absolute atomic E-state index is 4.61. The summed E-state index contributed by atoms with van der Waals surface area (Å²) in [7, 11) is 0. The number of aromatic nitrogens is 1. The molecule has 2 fully saturated rings. The van der Waals surface area contributed by atoms with E-state index in [0.29, 0.717) is 0 Å². The second-order valence-electron chi connectivity index (χ2n) is 7.72. The first-order valence-corrected chi connectivity index (χ1v) is 10.4. The summed E-state index contributed by atoms with van der Waals surface area (Å²) in [4.78, 5) is 5.91. The molecule has 0 aromatic carbocycles. The molecule has 4 rings (SSSR count). The molecule has 0 saturated heterocycles. The third-order valence-electron chi connectivity index (χ3n) is 5.89. The number of nitrogens with zero attached hydrogens (tertiary/aromatic N) is 1. The number of fused-ring (bicyclic) bond motifs is 2. The largest absolute Gasteiger partial charge is 0.311 e. The van der Waals surface area contributed by atoms with Gasteiger partial charge in [0.05, 0.1) is 5.69 Å². The summed E-state index contributed by atoms with van der Waals surface area (Å²) in [5.74, 6) is 3.07. The second-order valence-corrected chi connectivity index (χ2v) is 8.66. The summed E-state index contributed by atoms with van der Waals surface area (Å²) >= 11 is 1.77. The molecule has 2 atom stereocenters. The van der Waals surface area contributed by atoms with E-state index in [1.54, 1.807) is 11.3 Å². The molecular weight excluding hydrogens is 312 g/mol. The van der Waals surface area contributed by atoms with Gasteiger partial charge in [0.25, 0.3) is 0 Å². The van der Waals surface area contributed by atoms with E-state index in [-0.39, 0.29) is 0 Å². The molecule has 2 aliphatic carbocycles. The molecule has 0 aliphatic heterocycles. The molecule has 0 amide bonds. The quantitative estimate of drug-likeness (QED) is 0.702. The minimum Gasteiger partial charge on any atom is -0.311 e. The van der Waals surface area contributed by atoms with Crippen LogP contribution < -0.4 is 5.32 Å². The first kappa shape index (κ1) is 16.3. The van der Waals surface area contributed by atoms with Gasteiger partial charge in [-0.05, 0) is 67.5 Å². The predicted octanol–water partition coefficient (Wildman–Crippen LogP) is 5.51. The van der Waals surface area contributed by atoms with E-state index < -0.39 is 0 Å². The van der Waals surface area contributed by atoms with E-state index in [4.69, 9.17) is 0 Å². The van der Waals surface area contributed by atoms with Gasteiger partial charge in [0, 0.05) is 23.2 Å². The van der Waals surface area contributed by atoms with Gasteiger partial charge in [-0.1, -0.05) is 31.4 Å². The van der Waals surface area contributed by atoms with Crippen LogP contribution in [0.3, 0.4) is 0 Å². The smallest absolute Gasteiger partial charge is 0.0542 e. The van der Waals surface area contributed by atoms with Crippen LogP contribution in [0.1, 0.15) is 50.6 Å². The van der Waals surface area contributed by atoms with Crippen molar-refractivity contribution in [2.24, 2.45) is 17.8 Å². The number of rotatable bonds is 6. The highest BCUT2D eigenvalue weighted by atomic mass is 32.1. The minimum absolute atomic E-state index is 0.893. The van der Waals surface area contributed by atoms with Crippen molar-refractivity contribution >= 4 is 11.3 Å². The molecule has 1 N–H and O–H groups in total. The van der Waals surface area contributed by atoms with Crippen molar-refractivity contribution in [2.45, 2.75) is 51.5 Å². The number of hydrogen-bond donors (Lipinski definition) is 1. The van der Waals surface area contributed by atoms with Gasteiger partial charge in [-0.2, -0.15) is 0 Å². The van der Waals surface area contributed by atoms with Gasteiger partial charge in [-0.3, -0.25) is 4.98 Å². The Hall–Kier alpha value is -1.19. The Morgan fingerprint density at radius 2 is 1.96 bits per heavy atom. The van der Waals surface area contributed by atoms with Crippen molar-refractivity contribution < 1.29 is 0 Å². The van der Waals surface area contributed by atoms with E-state index in [2.05, 4.69) is 39.9 Å². The van der Waals surface area contributed by atoms with Crippen LogP contribution in [0, 0.1) is 17.8 Å². The van der Waals surface area contributed by atoms with Gasteiger partial charge in [-0.25, -0.2) is 0 Å². The molecule has 128 valence electrons. The zero-order valence-electron chi connectivity index (χ0n) is 14.4. The van der Waals surface area contributed by atoms with Gasteiger partial charge in [0.15, 0.2) is 0 Å². The van der Waals surface area contributed by atoms with Crippen LogP contribution in [-0.2, 0) is 6.54 Å². The Morgan fingerprint density at radius 3 is 2.67 bits per heavy atom. The fourth-order valence-corrected chi connectivity index (χ4v) is 5.46. The maximum atomic E-state index is 4.61. The van der Waals surface area contributed by atoms with Crippen molar-refractivity contribution in [3.05, 3.63) is 41.5 Å². The molecule has 2 saturated carbocycles. The maximum Gasteiger partial charge on any atom is 0.0542 e. The van der Waals surface area contributed by atoms with Gasteiger partial charge < -0.3 is 5.32 Å². The Morgan fingerprint density at radius 1 is 1.08 bits per heavy atom. The summed E-state index contributed by atoms with van der Waals surface area (Å²) in [6, 6.07) is 8.60. The van der Waals surface area contributed by atoms with Crippen LogP contribution in [0.25, 0.3) is 10.4 Å². The second kappa shape index (κ2) is 7.79. The topological polar surface area (TPSA) is 24.9 Å². The number of hydrogen-bond acceptors (Lipinski definition) is 3. The summed E-state index contributed by atoms with van der Waals surface area (Å²) < 4.78 is 0. The third-order valence-corrected chi connectivity index (χ3v) is 6.81. The standard InChI is InChI=1S/C21H28N2S/c1-3-16-11-17(4-1)13-18(12-16)8-9-22-15-20-7-6-19(14-23-20)21-5-2-10-24-21/h2,5-7,10,14,16-18,22H,1,3-4,8-9,11-13,15H2. The molecule has 2 nitrogen and oxygen atoms in total. The molecule has 2 heterocycles. The van der Waals surface area contributed by atoms with Crippen LogP contribution in [-0.4, -0.2) is 11.5 Å². The number of nitrogens with one attached hydrogen (secondary N) is 1. The highest BCUT2D eigenvalue weighted by Gasteiger charge is 2.31. The lowest BCUT2D eigenvalue weighted by Gasteiger charge is -2.39. The normalized spacial score (nSPS) is 26.4. The summed E-state index contributed by atoms with van der Waals surface area (Å²) in [6.45, 7) is 2.03. The highest BCUT2D eigenvalue weighted by molar-refractivity contribution is 7.13. The zero-order valence-corrected chi connectivity index (χ0v) is 15.2. The van der Waals surface area contributed by atoms with Crippen molar-refractivity contribution in [3.8, 4) is 10.4 Å². The average Bonchev–Trinajstić information content (AvgIpc) is 3.14. The van der Waals surface area contributed by atoms with Crippen LogP contribution in [0.4, 0.5) is 0 Å². The fourth-order valence-electron chi connectivity index (χ4n) is 4.75. The van der Waals surface area contributed by atoms with Crippen LogP contribution in [0.15, 0.2) is 35.8 Å². The molecule has 2 aromatic rings. The van der Waals surface area contributed by atoms with Crippen molar-refractivity contribution in [3.63, 3.8) is 0 Å². The SMILES string of the molecule is c1csc(-c2ccc(CNCCC3CC4CCCC(C4)C3)nc2)c1. The van der Waals surface area contributed by atoms with Crippen molar-refractivity contribution in [1.82, 2.24) is 10.3 Å². The van der Waals surface area contributed by atoms with Gasteiger partial charge >= 0.3 is 0 Å². The first-order chi connectivity index (χ1) is 11.9. The molecule has 2 unspecified atom stereocenters. The van der Waals surface area contributed by atoms with Crippen molar-refractivity contribution in [2.75, 3.05) is 6.54 Å². The van der Waals surface area contributed by atoms with E-state index >= 15 is 0 Å². The summed E-state index contributed by atoms with van der Waals surface area (Å²) in [5.41, 5.74) is 2.37. The Kier molecular flexibility index (Phi) is 5.29. The lowest BCUT2D eigenvalue weighted by molar-refractivity contribution is 0.132. The zero-order chi connectivity index (χ0) is 16.2. The molecule has 3 heteroatoms. The van der Waals surface area contributed by atoms with Gasteiger partial charge in [0.1, 0.15) is 0 Å². The molecule has 2 bridgehead atoms. The highest BCUT2D eigenvalue weighted by Crippen LogP contribution is 2.43. The molecular formula is C21H28N2S. The first-order valence-electron chi connectivity index (χ1n) is 9.56. The van der Waals surface area contributed by atoms with E-state index in [9.17, 15) is 0 Å². The number of thiophene rings is 1. The predicted molar refractivity (Wildman–Crippen MR) is 102 cm³/mol. The summed E-state index contributed by atoms with van der Waals surface area (Å²) in [6.07, 6.45) is 12.4. The monoisotopic (exact) mass is 340 g/mol. The van der Waals surface area contributed by atoms with E-state index in [1.165, 1.54) is 55.4 Å².